The molecule has 1 heterocycles. The Hall–Kier alpha value is -1.36. The lowest BCUT2D eigenvalue weighted by molar-refractivity contribution is -0.144. The zero-order valence-electron chi connectivity index (χ0n) is 8.39. The van der Waals surface area contributed by atoms with E-state index in [9.17, 15) is 9.59 Å². The van der Waals surface area contributed by atoms with Crippen LogP contribution in [0.2, 0.25) is 0 Å². The van der Waals surface area contributed by atoms with Crippen LogP contribution in [0.15, 0.2) is 28.7 Å². The first-order chi connectivity index (χ1) is 7.59. The van der Waals surface area contributed by atoms with Crippen LogP contribution in [0.5, 0.6) is 0 Å². The highest BCUT2D eigenvalue weighted by Crippen LogP contribution is 2.27. The molecule has 0 aromatic heterocycles. The van der Waals surface area contributed by atoms with Gasteiger partial charge in [0.05, 0.1) is 0 Å². The molecule has 1 saturated heterocycles. The van der Waals surface area contributed by atoms with Gasteiger partial charge in [-0.2, -0.15) is 0 Å². The highest BCUT2D eigenvalue weighted by atomic mass is 79.9. The molecule has 84 valence electrons. The van der Waals surface area contributed by atoms with Gasteiger partial charge in [-0.1, -0.05) is 22.0 Å². The van der Waals surface area contributed by atoms with Gasteiger partial charge >= 0.3 is 5.97 Å². The number of amides is 1. The highest BCUT2D eigenvalue weighted by molar-refractivity contribution is 9.10. The number of rotatable bonds is 2. The van der Waals surface area contributed by atoms with Crippen LogP contribution < -0.4 is 4.90 Å². The molecule has 1 N–H and O–H groups in total. The van der Waals surface area contributed by atoms with Crippen LogP contribution in [0.3, 0.4) is 0 Å². The van der Waals surface area contributed by atoms with Crippen molar-refractivity contribution in [2.45, 2.75) is 6.42 Å². The molecular formula is C11H10BrNO3. The zero-order chi connectivity index (χ0) is 11.7. The molecule has 0 bridgehead atoms. The topological polar surface area (TPSA) is 57.6 Å². The first kappa shape index (κ1) is 11.1. The molecule has 0 spiro atoms. The van der Waals surface area contributed by atoms with Crippen molar-refractivity contribution in [3.63, 3.8) is 0 Å². The maximum absolute atomic E-state index is 11.8. The van der Waals surface area contributed by atoms with E-state index in [0.717, 1.165) is 10.2 Å². The van der Waals surface area contributed by atoms with Crippen LogP contribution >= 0.6 is 15.9 Å². The Balaban J connectivity index is 2.25. The summed E-state index contributed by atoms with van der Waals surface area (Å²) in [5, 5.41) is 8.85. The van der Waals surface area contributed by atoms with Crippen molar-refractivity contribution in [2.75, 3.05) is 11.4 Å². The number of anilines is 1. The molecule has 5 heteroatoms. The van der Waals surface area contributed by atoms with E-state index >= 15 is 0 Å². The van der Waals surface area contributed by atoms with E-state index in [-0.39, 0.29) is 5.91 Å². The lowest BCUT2D eigenvalue weighted by atomic mass is 10.1. The third-order valence-electron chi connectivity index (χ3n) is 2.62. The lowest BCUT2D eigenvalue weighted by Crippen LogP contribution is -2.30. The standard InChI is InChI=1S/C11H10BrNO3/c12-7-2-1-3-8(6-7)13-5-4-9(10(13)14)11(15)16/h1-3,6,9H,4-5H2,(H,15,16). The number of carboxylic acid groups (broad SMARTS) is 1. The molecule has 1 fully saturated rings. The summed E-state index contributed by atoms with van der Waals surface area (Å²) in [6.07, 6.45) is 0.376. The quantitative estimate of drug-likeness (QED) is 0.844. The molecule has 1 aromatic carbocycles. The Morgan fingerprint density at radius 3 is 2.81 bits per heavy atom. The van der Waals surface area contributed by atoms with Crippen molar-refractivity contribution >= 4 is 33.5 Å². The molecular weight excluding hydrogens is 274 g/mol. The van der Waals surface area contributed by atoms with E-state index in [4.69, 9.17) is 5.11 Å². The summed E-state index contributed by atoms with van der Waals surface area (Å²) < 4.78 is 0.872. The Morgan fingerprint density at radius 2 is 2.25 bits per heavy atom. The number of carboxylic acids is 1. The summed E-state index contributed by atoms with van der Waals surface area (Å²) in [5.74, 6) is -2.26. The summed E-state index contributed by atoms with van der Waals surface area (Å²) in [6, 6.07) is 7.29. The van der Waals surface area contributed by atoms with Gasteiger partial charge in [0.2, 0.25) is 5.91 Å². The summed E-state index contributed by atoms with van der Waals surface area (Å²) in [6.45, 7) is 0.465. The van der Waals surface area contributed by atoms with Crippen molar-refractivity contribution in [1.29, 1.82) is 0 Å². The number of carbonyl (C=O) groups is 2. The third kappa shape index (κ3) is 1.95. The highest BCUT2D eigenvalue weighted by Gasteiger charge is 2.37. The molecule has 1 amide bonds. The number of halogens is 1. The zero-order valence-corrected chi connectivity index (χ0v) is 9.98. The maximum Gasteiger partial charge on any atom is 0.316 e. The van der Waals surface area contributed by atoms with Crippen LogP contribution in [-0.4, -0.2) is 23.5 Å². The van der Waals surface area contributed by atoms with E-state index < -0.39 is 11.9 Å². The van der Waals surface area contributed by atoms with E-state index in [1.807, 2.05) is 18.2 Å². The Labute approximate surface area is 101 Å². The fourth-order valence-electron chi connectivity index (χ4n) is 1.81. The number of hydrogen-bond donors (Lipinski definition) is 1. The Bertz CT molecular complexity index is 447. The number of carbonyl (C=O) groups excluding carboxylic acids is 1. The number of benzene rings is 1. The minimum absolute atomic E-state index is 0.328. The summed E-state index contributed by atoms with van der Waals surface area (Å²) in [7, 11) is 0. The molecule has 1 aliphatic rings. The van der Waals surface area contributed by atoms with Gasteiger partial charge in [0, 0.05) is 16.7 Å². The molecule has 0 aliphatic carbocycles. The van der Waals surface area contributed by atoms with Gasteiger partial charge in [-0.05, 0) is 24.6 Å². The van der Waals surface area contributed by atoms with Gasteiger partial charge in [0.25, 0.3) is 0 Å². The molecule has 1 unspecified atom stereocenters. The number of aliphatic carboxylic acids is 1. The van der Waals surface area contributed by atoms with E-state index in [1.165, 1.54) is 4.90 Å². The minimum Gasteiger partial charge on any atom is -0.481 e. The summed E-state index contributed by atoms with van der Waals surface area (Å²) in [4.78, 5) is 24.1. The predicted octanol–water partition coefficient (Wildman–Crippen LogP) is 1.89. The Morgan fingerprint density at radius 1 is 1.50 bits per heavy atom. The van der Waals surface area contributed by atoms with Crippen LogP contribution in [-0.2, 0) is 9.59 Å². The largest absolute Gasteiger partial charge is 0.481 e. The first-order valence-electron chi connectivity index (χ1n) is 4.89. The van der Waals surface area contributed by atoms with Crippen LogP contribution in [0.1, 0.15) is 6.42 Å². The number of nitrogens with zero attached hydrogens (tertiary/aromatic N) is 1. The second-order valence-electron chi connectivity index (χ2n) is 3.65. The minimum atomic E-state index is -1.04. The van der Waals surface area contributed by atoms with E-state index in [2.05, 4.69) is 15.9 Å². The van der Waals surface area contributed by atoms with Crippen LogP contribution in [0, 0.1) is 5.92 Å². The van der Waals surface area contributed by atoms with Crippen molar-refractivity contribution < 1.29 is 14.7 Å². The summed E-state index contributed by atoms with van der Waals surface area (Å²) >= 11 is 3.32. The average Bonchev–Trinajstić information content (AvgIpc) is 2.60. The molecule has 1 atom stereocenters. The van der Waals surface area contributed by atoms with Gasteiger partial charge in [-0.3, -0.25) is 9.59 Å². The molecule has 16 heavy (non-hydrogen) atoms. The second kappa shape index (κ2) is 4.25. The van der Waals surface area contributed by atoms with Crippen molar-refractivity contribution in [3.05, 3.63) is 28.7 Å². The van der Waals surface area contributed by atoms with E-state index in [0.29, 0.717) is 13.0 Å². The number of hydrogen-bond acceptors (Lipinski definition) is 2. The third-order valence-corrected chi connectivity index (χ3v) is 3.12. The van der Waals surface area contributed by atoms with Gasteiger partial charge in [0.1, 0.15) is 5.92 Å². The molecule has 0 saturated carbocycles. The molecule has 0 radical (unpaired) electrons. The normalized spacial score (nSPS) is 20.2. The fourth-order valence-corrected chi connectivity index (χ4v) is 2.20. The average molecular weight is 284 g/mol. The second-order valence-corrected chi connectivity index (χ2v) is 4.56. The summed E-state index contributed by atoms with van der Waals surface area (Å²) in [5.41, 5.74) is 0.739. The van der Waals surface area contributed by atoms with Crippen molar-refractivity contribution in [1.82, 2.24) is 0 Å². The van der Waals surface area contributed by atoms with Crippen LogP contribution in [0.4, 0.5) is 5.69 Å². The molecule has 2 rings (SSSR count). The van der Waals surface area contributed by atoms with Gasteiger partial charge < -0.3 is 10.0 Å². The molecule has 4 nitrogen and oxygen atoms in total. The van der Waals surface area contributed by atoms with Crippen LogP contribution in [0.25, 0.3) is 0 Å². The molecule has 1 aliphatic heterocycles. The smallest absolute Gasteiger partial charge is 0.316 e. The predicted molar refractivity (Wildman–Crippen MR) is 62.2 cm³/mol. The fraction of sp³-hybridized carbons (Fsp3) is 0.273. The maximum atomic E-state index is 11.8. The van der Waals surface area contributed by atoms with E-state index in [1.54, 1.807) is 6.07 Å². The van der Waals surface area contributed by atoms with Gasteiger partial charge in [-0.25, -0.2) is 0 Å². The first-order valence-corrected chi connectivity index (χ1v) is 5.68. The lowest BCUT2D eigenvalue weighted by Gasteiger charge is -2.16. The van der Waals surface area contributed by atoms with Gasteiger partial charge in [0.15, 0.2) is 0 Å². The molecule has 1 aromatic rings. The van der Waals surface area contributed by atoms with Crippen molar-refractivity contribution in [2.24, 2.45) is 5.92 Å². The SMILES string of the molecule is O=C(O)C1CCN(c2cccc(Br)c2)C1=O. The van der Waals surface area contributed by atoms with Gasteiger partial charge in [-0.15, -0.1) is 0 Å². The Kier molecular flexibility index (Phi) is 2.96. The van der Waals surface area contributed by atoms with Crippen molar-refractivity contribution in [3.8, 4) is 0 Å². The monoisotopic (exact) mass is 283 g/mol.